The van der Waals surface area contributed by atoms with Gasteiger partial charge in [-0.2, -0.15) is 0 Å². The van der Waals surface area contributed by atoms with E-state index in [0.717, 1.165) is 19.3 Å². The number of carbonyl (C=O) groups excluding carboxylic acids is 1. The standard InChI is InChI=1S/C14H26O/c1-3-5-7-9-11-13-14(15)12-10-8-6-4-2/h11,13H,3-10,12H2,1-2H3. The molecule has 0 heterocycles. The molecule has 0 radical (unpaired) electrons. The summed E-state index contributed by atoms with van der Waals surface area (Å²) in [5.41, 5.74) is 0. The van der Waals surface area contributed by atoms with Gasteiger partial charge in [0.25, 0.3) is 0 Å². The molecule has 0 rings (SSSR count). The Hall–Kier alpha value is -0.590. The van der Waals surface area contributed by atoms with Gasteiger partial charge in [-0.1, -0.05) is 52.0 Å². The molecule has 0 amide bonds. The number of ketones is 1. The molecule has 88 valence electrons. The van der Waals surface area contributed by atoms with Gasteiger partial charge in [-0.05, 0) is 25.3 Å². The molecule has 0 fully saturated rings. The van der Waals surface area contributed by atoms with Crippen LogP contribution in [0.2, 0.25) is 0 Å². The molecule has 0 bridgehead atoms. The van der Waals surface area contributed by atoms with E-state index in [1.807, 2.05) is 6.08 Å². The second-order valence-corrected chi connectivity index (χ2v) is 4.18. The summed E-state index contributed by atoms with van der Waals surface area (Å²) in [6.07, 6.45) is 14.1. The van der Waals surface area contributed by atoms with Crippen LogP contribution in [0.15, 0.2) is 12.2 Å². The van der Waals surface area contributed by atoms with Crippen molar-refractivity contribution in [1.82, 2.24) is 0 Å². The van der Waals surface area contributed by atoms with Gasteiger partial charge in [-0.15, -0.1) is 0 Å². The van der Waals surface area contributed by atoms with Crippen molar-refractivity contribution in [3.05, 3.63) is 12.2 Å². The molecular weight excluding hydrogens is 184 g/mol. The summed E-state index contributed by atoms with van der Waals surface area (Å²) in [4.78, 5) is 11.4. The van der Waals surface area contributed by atoms with E-state index in [0.29, 0.717) is 5.78 Å². The van der Waals surface area contributed by atoms with Crippen LogP contribution in [0.1, 0.15) is 71.6 Å². The summed E-state index contributed by atoms with van der Waals surface area (Å²) in [6, 6.07) is 0. The van der Waals surface area contributed by atoms with E-state index >= 15 is 0 Å². The molecule has 15 heavy (non-hydrogen) atoms. The molecule has 0 atom stereocenters. The number of hydrogen-bond donors (Lipinski definition) is 0. The number of hydrogen-bond acceptors (Lipinski definition) is 1. The van der Waals surface area contributed by atoms with E-state index in [2.05, 4.69) is 13.8 Å². The monoisotopic (exact) mass is 210 g/mol. The molecule has 0 aliphatic heterocycles. The molecule has 1 heteroatoms. The van der Waals surface area contributed by atoms with Crippen LogP contribution in [-0.2, 0) is 4.79 Å². The maximum Gasteiger partial charge on any atom is 0.155 e. The van der Waals surface area contributed by atoms with Crippen LogP contribution in [0.3, 0.4) is 0 Å². The van der Waals surface area contributed by atoms with Gasteiger partial charge in [-0.3, -0.25) is 4.79 Å². The Morgan fingerprint density at radius 1 is 0.933 bits per heavy atom. The Bertz CT molecular complexity index is 170. The largest absolute Gasteiger partial charge is 0.295 e. The van der Waals surface area contributed by atoms with Crippen molar-refractivity contribution in [3.63, 3.8) is 0 Å². The maximum absolute atomic E-state index is 11.4. The van der Waals surface area contributed by atoms with E-state index in [4.69, 9.17) is 0 Å². The molecular formula is C14H26O. The third-order valence-electron chi connectivity index (χ3n) is 2.55. The molecule has 0 aliphatic carbocycles. The average Bonchev–Trinajstić information content (AvgIpc) is 2.24. The fourth-order valence-corrected chi connectivity index (χ4v) is 1.54. The Balaban J connectivity index is 3.31. The molecule has 0 aliphatic rings. The van der Waals surface area contributed by atoms with Gasteiger partial charge in [0.1, 0.15) is 0 Å². The van der Waals surface area contributed by atoms with Crippen molar-refractivity contribution >= 4 is 5.78 Å². The summed E-state index contributed by atoms with van der Waals surface area (Å²) in [6.45, 7) is 4.39. The zero-order chi connectivity index (χ0) is 11.4. The molecule has 0 aromatic rings. The third-order valence-corrected chi connectivity index (χ3v) is 2.55. The van der Waals surface area contributed by atoms with Crippen LogP contribution < -0.4 is 0 Å². The molecule has 0 saturated heterocycles. The molecule has 1 nitrogen and oxygen atoms in total. The Morgan fingerprint density at radius 3 is 2.27 bits per heavy atom. The Labute approximate surface area is 95.0 Å². The highest BCUT2D eigenvalue weighted by Crippen LogP contribution is 2.04. The van der Waals surface area contributed by atoms with Crippen LogP contribution >= 0.6 is 0 Å². The van der Waals surface area contributed by atoms with Crippen LogP contribution in [0.4, 0.5) is 0 Å². The average molecular weight is 210 g/mol. The number of unbranched alkanes of at least 4 members (excludes halogenated alkanes) is 6. The van der Waals surface area contributed by atoms with Gasteiger partial charge in [0.05, 0.1) is 0 Å². The minimum absolute atomic E-state index is 0.308. The fraction of sp³-hybridized carbons (Fsp3) is 0.786. The van der Waals surface area contributed by atoms with Crippen LogP contribution in [-0.4, -0.2) is 5.78 Å². The molecule has 0 aromatic carbocycles. The topological polar surface area (TPSA) is 17.1 Å². The van der Waals surface area contributed by atoms with Crippen molar-refractivity contribution in [2.24, 2.45) is 0 Å². The van der Waals surface area contributed by atoms with Crippen molar-refractivity contribution in [2.75, 3.05) is 0 Å². The maximum atomic E-state index is 11.4. The second-order valence-electron chi connectivity index (χ2n) is 4.18. The first kappa shape index (κ1) is 14.4. The molecule has 0 N–H and O–H groups in total. The molecule has 0 saturated carbocycles. The molecule has 0 unspecified atom stereocenters. The second kappa shape index (κ2) is 11.5. The van der Waals surface area contributed by atoms with E-state index in [1.54, 1.807) is 6.08 Å². The highest BCUT2D eigenvalue weighted by molar-refractivity contribution is 5.89. The lowest BCUT2D eigenvalue weighted by molar-refractivity contribution is -0.114. The first-order chi connectivity index (χ1) is 7.31. The van der Waals surface area contributed by atoms with Crippen molar-refractivity contribution < 1.29 is 4.79 Å². The first-order valence-electron chi connectivity index (χ1n) is 6.50. The smallest absolute Gasteiger partial charge is 0.155 e. The van der Waals surface area contributed by atoms with Gasteiger partial charge in [0.2, 0.25) is 0 Å². The van der Waals surface area contributed by atoms with Crippen LogP contribution in [0, 0.1) is 0 Å². The lowest BCUT2D eigenvalue weighted by Crippen LogP contribution is -1.92. The minimum Gasteiger partial charge on any atom is -0.295 e. The Morgan fingerprint density at radius 2 is 1.60 bits per heavy atom. The predicted octanol–water partition coefficient (Wildman–Crippen LogP) is 4.66. The lowest BCUT2D eigenvalue weighted by Gasteiger charge is -1.96. The summed E-state index contributed by atoms with van der Waals surface area (Å²) < 4.78 is 0. The van der Waals surface area contributed by atoms with Crippen LogP contribution in [0.5, 0.6) is 0 Å². The summed E-state index contributed by atoms with van der Waals surface area (Å²) >= 11 is 0. The first-order valence-corrected chi connectivity index (χ1v) is 6.50. The fourth-order valence-electron chi connectivity index (χ4n) is 1.54. The molecule has 0 spiro atoms. The summed E-state index contributed by atoms with van der Waals surface area (Å²) in [5, 5.41) is 0. The van der Waals surface area contributed by atoms with Gasteiger partial charge < -0.3 is 0 Å². The number of allylic oxidation sites excluding steroid dienone is 2. The van der Waals surface area contributed by atoms with Crippen molar-refractivity contribution in [3.8, 4) is 0 Å². The quantitative estimate of drug-likeness (QED) is 0.378. The van der Waals surface area contributed by atoms with Gasteiger partial charge in [0.15, 0.2) is 5.78 Å². The summed E-state index contributed by atoms with van der Waals surface area (Å²) in [5.74, 6) is 0.308. The van der Waals surface area contributed by atoms with Gasteiger partial charge >= 0.3 is 0 Å². The van der Waals surface area contributed by atoms with Crippen LogP contribution in [0.25, 0.3) is 0 Å². The third kappa shape index (κ3) is 11.3. The SMILES string of the molecule is CCCCCC=CC(=O)CCCCCC. The van der Waals surface area contributed by atoms with Gasteiger partial charge in [0, 0.05) is 6.42 Å². The Kier molecular flexibility index (Phi) is 11.0. The van der Waals surface area contributed by atoms with E-state index in [1.165, 1.54) is 38.5 Å². The number of carbonyl (C=O) groups is 1. The summed E-state index contributed by atoms with van der Waals surface area (Å²) in [7, 11) is 0. The predicted molar refractivity (Wildman–Crippen MR) is 67.0 cm³/mol. The highest BCUT2D eigenvalue weighted by Gasteiger charge is 1.95. The number of rotatable bonds is 10. The van der Waals surface area contributed by atoms with Crippen molar-refractivity contribution in [2.45, 2.75) is 71.6 Å². The van der Waals surface area contributed by atoms with E-state index in [9.17, 15) is 4.79 Å². The van der Waals surface area contributed by atoms with Gasteiger partial charge in [-0.25, -0.2) is 0 Å². The normalized spacial score (nSPS) is 11.1. The zero-order valence-electron chi connectivity index (χ0n) is 10.4. The zero-order valence-corrected chi connectivity index (χ0v) is 10.4. The van der Waals surface area contributed by atoms with Crippen molar-refractivity contribution in [1.29, 1.82) is 0 Å². The van der Waals surface area contributed by atoms with E-state index < -0.39 is 0 Å². The van der Waals surface area contributed by atoms with E-state index in [-0.39, 0.29) is 0 Å². The lowest BCUT2D eigenvalue weighted by atomic mass is 10.1. The minimum atomic E-state index is 0.308. The molecule has 0 aromatic heterocycles. The highest BCUT2D eigenvalue weighted by atomic mass is 16.1.